The van der Waals surface area contributed by atoms with Gasteiger partial charge in [0.05, 0.1) is 25.3 Å². The molecule has 0 fully saturated rings. The molecule has 9 heteroatoms. The highest BCUT2D eigenvalue weighted by molar-refractivity contribution is 9.10. The second-order valence-electron chi connectivity index (χ2n) is 6.64. The standard InChI is InChI=1S/C21H21BrN4O4/c1-13-21(29)26(16-9-4-3-5-10-16)25-19(23-13)20(28)24-17(12-18(27)30-2)14-7-6-8-15(22)11-14/h3-11,13,17H,12H2,1-2H3,(H,23,25)(H,24,28). The number of hydrazine groups is 1. The monoisotopic (exact) mass is 472 g/mol. The van der Waals surface area contributed by atoms with Gasteiger partial charge in [-0.05, 0) is 36.8 Å². The number of esters is 1. The van der Waals surface area contributed by atoms with Crippen LogP contribution in [0.2, 0.25) is 0 Å². The van der Waals surface area contributed by atoms with Crippen LogP contribution in [0.1, 0.15) is 24.9 Å². The molecule has 0 saturated heterocycles. The molecule has 156 valence electrons. The van der Waals surface area contributed by atoms with E-state index < -0.39 is 24.0 Å². The van der Waals surface area contributed by atoms with Gasteiger partial charge in [0, 0.05) is 4.47 Å². The molecule has 0 aromatic heterocycles. The van der Waals surface area contributed by atoms with E-state index in [0.29, 0.717) is 5.69 Å². The number of carbonyl (C=O) groups is 3. The second kappa shape index (κ2) is 9.53. The number of aliphatic imine (C=N–C) groups is 1. The molecular weight excluding hydrogens is 452 g/mol. The fourth-order valence-electron chi connectivity index (χ4n) is 2.96. The number of ether oxygens (including phenoxy) is 1. The predicted octanol–water partition coefficient (Wildman–Crippen LogP) is 2.51. The van der Waals surface area contributed by atoms with Crippen molar-refractivity contribution in [1.82, 2.24) is 10.7 Å². The van der Waals surface area contributed by atoms with Crippen molar-refractivity contribution in [2.24, 2.45) is 4.99 Å². The maximum absolute atomic E-state index is 13.0. The molecule has 3 rings (SSSR count). The van der Waals surface area contributed by atoms with Crippen LogP contribution in [0.25, 0.3) is 0 Å². The molecule has 0 aliphatic carbocycles. The summed E-state index contributed by atoms with van der Waals surface area (Å²) >= 11 is 3.40. The molecule has 1 aliphatic rings. The van der Waals surface area contributed by atoms with Gasteiger partial charge in [0.15, 0.2) is 0 Å². The van der Waals surface area contributed by atoms with Crippen LogP contribution in [0.15, 0.2) is 64.1 Å². The summed E-state index contributed by atoms with van der Waals surface area (Å²) in [5, 5.41) is 4.10. The summed E-state index contributed by atoms with van der Waals surface area (Å²) in [5.74, 6) is -1.30. The maximum atomic E-state index is 13.0. The molecule has 2 N–H and O–H groups in total. The number of methoxy groups -OCH3 is 1. The number of amidine groups is 1. The van der Waals surface area contributed by atoms with Gasteiger partial charge in [-0.1, -0.05) is 46.3 Å². The van der Waals surface area contributed by atoms with Gasteiger partial charge in [-0.2, -0.15) is 0 Å². The van der Waals surface area contributed by atoms with Crippen LogP contribution in [-0.4, -0.2) is 36.8 Å². The second-order valence-corrected chi connectivity index (χ2v) is 7.55. The Morgan fingerprint density at radius 1 is 1.23 bits per heavy atom. The van der Waals surface area contributed by atoms with Crippen molar-refractivity contribution in [3.63, 3.8) is 0 Å². The molecule has 1 heterocycles. The van der Waals surface area contributed by atoms with Crippen LogP contribution in [0.4, 0.5) is 5.69 Å². The Kier molecular flexibility index (Phi) is 6.83. The number of hydrogen-bond donors (Lipinski definition) is 2. The number of benzene rings is 2. The summed E-state index contributed by atoms with van der Waals surface area (Å²) in [6, 6.07) is 14.8. The van der Waals surface area contributed by atoms with Gasteiger partial charge in [0.25, 0.3) is 11.8 Å². The van der Waals surface area contributed by atoms with E-state index in [9.17, 15) is 14.4 Å². The number of anilines is 1. The molecule has 0 bridgehead atoms. The lowest BCUT2D eigenvalue weighted by Gasteiger charge is -2.31. The Hall–Kier alpha value is -3.20. The lowest BCUT2D eigenvalue weighted by Crippen LogP contribution is -2.58. The Bertz CT molecular complexity index is 980. The maximum Gasteiger partial charge on any atom is 0.307 e. The zero-order valence-corrected chi connectivity index (χ0v) is 18.0. The van der Waals surface area contributed by atoms with Crippen molar-refractivity contribution in [1.29, 1.82) is 0 Å². The third-order valence-electron chi connectivity index (χ3n) is 4.50. The first kappa shape index (κ1) is 21.5. The van der Waals surface area contributed by atoms with E-state index in [1.54, 1.807) is 37.3 Å². The van der Waals surface area contributed by atoms with Crippen molar-refractivity contribution in [2.75, 3.05) is 12.1 Å². The zero-order valence-electron chi connectivity index (χ0n) is 16.5. The highest BCUT2D eigenvalue weighted by Crippen LogP contribution is 2.22. The summed E-state index contributed by atoms with van der Waals surface area (Å²) in [7, 11) is 1.29. The van der Waals surface area contributed by atoms with E-state index >= 15 is 0 Å². The van der Waals surface area contributed by atoms with Gasteiger partial charge in [-0.15, -0.1) is 0 Å². The van der Waals surface area contributed by atoms with Crippen molar-refractivity contribution >= 4 is 45.2 Å². The van der Waals surface area contributed by atoms with Gasteiger partial charge in [0.1, 0.15) is 6.04 Å². The topological polar surface area (TPSA) is 100 Å². The van der Waals surface area contributed by atoms with Gasteiger partial charge < -0.3 is 10.1 Å². The SMILES string of the molecule is COC(=O)CC(NC(=O)C1=NC(C)C(=O)N(c2ccccc2)N1)c1cccc(Br)c1. The zero-order chi connectivity index (χ0) is 21.7. The third-order valence-corrected chi connectivity index (χ3v) is 5.00. The van der Waals surface area contributed by atoms with Gasteiger partial charge >= 0.3 is 5.97 Å². The average molecular weight is 473 g/mol. The number of para-hydroxylation sites is 1. The number of carbonyl (C=O) groups excluding carboxylic acids is 3. The third kappa shape index (κ3) is 5.04. The largest absolute Gasteiger partial charge is 0.469 e. The molecule has 30 heavy (non-hydrogen) atoms. The van der Waals surface area contributed by atoms with Crippen molar-refractivity contribution < 1.29 is 19.1 Å². The first-order valence-corrected chi connectivity index (χ1v) is 10.0. The van der Waals surface area contributed by atoms with E-state index in [4.69, 9.17) is 4.74 Å². The molecule has 2 unspecified atom stereocenters. The fraction of sp³-hybridized carbons (Fsp3) is 0.238. The molecule has 0 saturated carbocycles. The molecule has 0 radical (unpaired) electrons. The van der Waals surface area contributed by atoms with E-state index in [2.05, 4.69) is 31.7 Å². The number of hydrogen-bond acceptors (Lipinski definition) is 6. The Morgan fingerprint density at radius 3 is 2.63 bits per heavy atom. The van der Waals surface area contributed by atoms with Gasteiger partial charge in [-0.3, -0.25) is 19.8 Å². The lowest BCUT2D eigenvalue weighted by molar-refractivity contribution is -0.141. The number of halogens is 1. The highest BCUT2D eigenvalue weighted by Gasteiger charge is 2.32. The smallest absolute Gasteiger partial charge is 0.307 e. The van der Waals surface area contributed by atoms with E-state index in [-0.39, 0.29) is 18.2 Å². The minimum Gasteiger partial charge on any atom is -0.469 e. The van der Waals surface area contributed by atoms with Crippen LogP contribution in [-0.2, 0) is 19.1 Å². The Morgan fingerprint density at radius 2 is 1.97 bits per heavy atom. The predicted molar refractivity (Wildman–Crippen MR) is 116 cm³/mol. The molecule has 8 nitrogen and oxygen atoms in total. The van der Waals surface area contributed by atoms with Crippen molar-refractivity contribution in [2.45, 2.75) is 25.4 Å². The summed E-state index contributed by atoms with van der Waals surface area (Å²) in [6.45, 7) is 1.62. The number of rotatable bonds is 6. The minimum atomic E-state index is -0.739. The van der Waals surface area contributed by atoms with Crippen molar-refractivity contribution in [3.8, 4) is 0 Å². The summed E-state index contributed by atoms with van der Waals surface area (Å²) < 4.78 is 5.58. The van der Waals surface area contributed by atoms with Crippen LogP contribution >= 0.6 is 15.9 Å². The first-order valence-electron chi connectivity index (χ1n) is 9.25. The van der Waals surface area contributed by atoms with Crippen molar-refractivity contribution in [3.05, 3.63) is 64.6 Å². The van der Waals surface area contributed by atoms with Crippen LogP contribution in [0.5, 0.6) is 0 Å². The number of amides is 2. The van der Waals surface area contributed by atoms with Crippen LogP contribution in [0.3, 0.4) is 0 Å². The van der Waals surface area contributed by atoms with Crippen LogP contribution < -0.4 is 15.8 Å². The summed E-state index contributed by atoms with van der Waals surface area (Å²) in [5.41, 5.74) is 4.10. The number of nitrogens with zero attached hydrogens (tertiary/aromatic N) is 2. The molecule has 1 aliphatic heterocycles. The van der Waals surface area contributed by atoms with E-state index in [1.165, 1.54) is 12.1 Å². The molecule has 2 aromatic rings. The lowest BCUT2D eigenvalue weighted by atomic mass is 10.0. The fourth-order valence-corrected chi connectivity index (χ4v) is 3.37. The summed E-state index contributed by atoms with van der Waals surface area (Å²) in [6.07, 6.45) is -0.0527. The molecular formula is C21H21BrN4O4. The van der Waals surface area contributed by atoms with E-state index in [0.717, 1.165) is 10.0 Å². The molecule has 2 atom stereocenters. The first-order chi connectivity index (χ1) is 14.4. The van der Waals surface area contributed by atoms with E-state index in [1.807, 2.05) is 24.3 Å². The quantitative estimate of drug-likeness (QED) is 0.629. The molecule has 0 spiro atoms. The highest BCUT2D eigenvalue weighted by atomic mass is 79.9. The Labute approximate surface area is 182 Å². The molecule has 2 amide bonds. The minimum absolute atomic E-state index is 0.0178. The average Bonchev–Trinajstić information content (AvgIpc) is 2.75. The number of nitrogens with one attached hydrogen (secondary N) is 2. The normalized spacial score (nSPS) is 16.9. The van der Waals surface area contributed by atoms with Gasteiger partial charge in [0.2, 0.25) is 5.84 Å². The molecule has 2 aromatic carbocycles. The summed E-state index contributed by atoms with van der Waals surface area (Å²) in [4.78, 5) is 41.5. The van der Waals surface area contributed by atoms with Crippen LogP contribution in [0, 0.1) is 0 Å². The van der Waals surface area contributed by atoms with Gasteiger partial charge in [-0.25, -0.2) is 10.0 Å². The Balaban J connectivity index is 1.83.